The van der Waals surface area contributed by atoms with E-state index in [1.807, 2.05) is 48.5 Å². The number of nitrogens with one attached hydrogen (secondary N) is 1. The Labute approximate surface area is 129 Å². The summed E-state index contributed by atoms with van der Waals surface area (Å²) < 4.78 is 5.29. The summed E-state index contributed by atoms with van der Waals surface area (Å²) in [4.78, 5) is 4.55. The molecule has 3 aromatic rings. The number of methoxy groups -OCH3 is 1. The zero-order valence-electron chi connectivity index (χ0n) is 12.6. The van der Waals surface area contributed by atoms with E-state index in [-0.39, 0.29) is 0 Å². The molecule has 0 spiro atoms. The molecule has 110 valence electrons. The SMILES string of the molecule is COc1ccccc1/C=N\Nc1cc(C)c2ccccc2n1. The normalized spacial score (nSPS) is 11.0. The molecular weight excluding hydrogens is 274 g/mol. The summed E-state index contributed by atoms with van der Waals surface area (Å²) in [6, 6.07) is 17.8. The highest BCUT2D eigenvalue weighted by Crippen LogP contribution is 2.20. The first kappa shape index (κ1) is 14.1. The summed E-state index contributed by atoms with van der Waals surface area (Å²) in [6.45, 7) is 2.07. The summed E-state index contributed by atoms with van der Waals surface area (Å²) in [5.41, 5.74) is 6.02. The summed E-state index contributed by atoms with van der Waals surface area (Å²) in [5, 5.41) is 5.41. The van der Waals surface area contributed by atoms with Gasteiger partial charge in [0.15, 0.2) is 0 Å². The molecule has 3 rings (SSSR count). The van der Waals surface area contributed by atoms with Crippen molar-refractivity contribution >= 4 is 22.9 Å². The van der Waals surface area contributed by atoms with Crippen LogP contribution in [0.5, 0.6) is 5.75 Å². The molecule has 0 unspecified atom stereocenters. The average Bonchev–Trinajstić information content (AvgIpc) is 2.55. The molecule has 4 nitrogen and oxygen atoms in total. The molecule has 0 saturated carbocycles. The molecule has 22 heavy (non-hydrogen) atoms. The molecule has 4 heteroatoms. The number of pyridine rings is 1. The molecular formula is C18H17N3O. The molecule has 1 aromatic heterocycles. The Morgan fingerprint density at radius 2 is 1.86 bits per heavy atom. The first-order valence-corrected chi connectivity index (χ1v) is 7.06. The predicted octanol–water partition coefficient (Wildman–Crippen LogP) is 4.00. The summed E-state index contributed by atoms with van der Waals surface area (Å²) in [5.74, 6) is 1.51. The van der Waals surface area contributed by atoms with Gasteiger partial charge < -0.3 is 4.74 Å². The summed E-state index contributed by atoms with van der Waals surface area (Å²) >= 11 is 0. The number of para-hydroxylation sites is 2. The van der Waals surface area contributed by atoms with Crippen molar-refractivity contribution in [2.45, 2.75) is 6.92 Å². The van der Waals surface area contributed by atoms with Crippen LogP contribution in [0.3, 0.4) is 0 Å². The molecule has 0 bridgehead atoms. The zero-order chi connectivity index (χ0) is 15.4. The van der Waals surface area contributed by atoms with Crippen LogP contribution in [0.15, 0.2) is 59.7 Å². The minimum Gasteiger partial charge on any atom is -0.496 e. The molecule has 2 aromatic carbocycles. The van der Waals surface area contributed by atoms with Crippen LogP contribution in [-0.2, 0) is 0 Å². The first-order valence-electron chi connectivity index (χ1n) is 7.06. The molecule has 0 aliphatic carbocycles. The monoisotopic (exact) mass is 291 g/mol. The van der Waals surface area contributed by atoms with Gasteiger partial charge in [-0.25, -0.2) is 4.98 Å². The van der Waals surface area contributed by atoms with Crippen molar-refractivity contribution in [3.63, 3.8) is 0 Å². The molecule has 0 aliphatic rings. The van der Waals surface area contributed by atoms with Crippen molar-refractivity contribution in [1.82, 2.24) is 4.98 Å². The van der Waals surface area contributed by atoms with Crippen molar-refractivity contribution in [2.75, 3.05) is 12.5 Å². The van der Waals surface area contributed by atoms with Crippen LogP contribution in [0.2, 0.25) is 0 Å². The number of rotatable bonds is 4. The maximum absolute atomic E-state index is 5.29. The standard InChI is InChI=1S/C18H17N3O/c1-13-11-18(20-16-9-5-4-8-15(13)16)21-19-12-14-7-3-6-10-17(14)22-2/h3-12H,1-2H3,(H,20,21)/b19-12-. The highest BCUT2D eigenvalue weighted by molar-refractivity contribution is 5.85. The number of benzene rings is 2. The van der Waals surface area contributed by atoms with Gasteiger partial charge in [-0.2, -0.15) is 5.10 Å². The number of anilines is 1. The fourth-order valence-corrected chi connectivity index (χ4v) is 2.35. The number of ether oxygens (including phenoxy) is 1. The Morgan fingerprint density at radius 1 is 1.09 bits per heavy atom. The Morgan fingerprint density at radius 3 is 2.73 bits per heavy atom. The fourth-order valence-electron chi connectivity index (χ4n) is 2.35. The molecule has 0 radical (unpaired) electrons. The number of aryl methyl sites for hydroxylation is 1. The van der Waals surface area contributed by atoms with E-state index in [4.69, 9.17) is 4.74 Å². The van der Waals surface area contributed by atoms with Crippen molar-refractivity contribution in [1.29, 1.82) is 0 Å². The number of aromatic nitrogens is 1. The Balaban J connectivity index is 1.83. The van der Waals surface area contributed by atoms with Crippen LogP contribution in [0.25, 0.3) is 10.9 Å². The minimum absolute atomic E-state index is 0.724. The van der Waals surface area contributed by atoms with Gasteiger partial charge in [-0.3, -0.25) is 5.43 Å². The molecule has 1 heterocycles. The van der Waals surface area contributed by atoms with Gasteiger partial charge >= 0.3 is 0 Å². The van der Waals surface area contributed by atoms with E-state index in [1.165, 1.54) is 5.56 Å². The van der Waals surface area contributed by atoms with Crippen molar-refractivity contribution in [3.8, 4) is 5.75 Å². The summed E-state index contributed by atoms with van der Waals surface area (Å²) in [6.07, 6.45) is 1.73. The second-order valence-corrected chi connectivity index (χ2v) is 4.95. The van der Waals surface area contributed by atoms with E-state index < -0.39 is 0 Å². The summed E-state index contributed by atoms with van der Waals surface area (Å²) in [7, 11) is 1.65. The number of hydrogen-bond acceptors (Lipinski definition) is 4. The number of nitrogens with zero attached hydrogens (tertiary/aromatic N) is 2. The Kier molecular flexibility index (Phi) is 4.01. The third-order valence-corrected chi connectivity index (χ3v) is 3.44. The molecule has 0 amide bonds. The Bertz CT molecular complexity index is 827. The Hall–Kier alpha value is -2.88. The second-order valence-electron chi connectivity index (χ2n) is 4.95. The third kappa shape index (κ3) is 2.91. The maximum atomic E-state index is 5.29. The first-order chi connectivity index (χ1) is 10.8. The molecule has 0 fully saturated rings. The van der Waals surface area contributed by atoms with Crippen LogP contribution in [0, 0.1) is 6.92 Å². The van der Waals surface area contributed by atoms with E-state index in [0.717, 1.165) is 28.0 Å². The van der Waals surface area contributed by atoms with Gasteiger partial charge in [0.05, 0.1) is 18.8 Å². The van der Waals surface area contributed by atoms with E-state index in [2.05, 4.69) is 28.5 Å². The van der Waals surface area contributed by atoms with E-state index in [0.29, 0.717) is 0 Å². The number of fused-ring (bicyclic) bond motifs is 1. The van der Waals surface area contributed by atoms with Gasteiger partial charge in [-0.15, -0.1) is 0 Å². The minimum atomic E-state index is 0.724. The maximum Gasteiger partial charge on any atom is 0.147 e. The van der Waals surface area contributed by atoms with Crippen molar-refractivity contribution < 1.29 is 4.74 Å². The highest BCUT2D eigenvalue weighted by Gasteiger charge is 2.01. The average molecular weight is 291 g/mol. The van der Waals surface area contributed by atoms with Crippen LogP contribution in [0.4, 0.5) is 5.82 Å². The van der Waals surface area contributed by atoms with Gasteiger partial charge in [0.25, 0.3) is 0 Å². The quantitative estimate of drug-likeness (QED) is 0.584. The van der Waals surface area contributed by atoms with Crippen LogP contribution >= 0.6 is 0 Å². The second kappa shape index (κ2) is 6.26. The topological polar surface area (TPSA) is 46.5 Å². The highest BCUT2D eigenvalue weighted by atomic mass is 16.5. The number of hydrazone groups is 1. The molecule has 0 aliphatic heterocycles. The lowest BCUT2D eigenvalue weighted by Crippen LogP contribution is -1.96. The lowest BCUT2D eigenvalue weighted by atomic mass is 10.1. The van der Waals surface area contributed by atoms with Gasteiger partial charge in [-0.05, 0) is 36.8 Å². The molecule has 0 atom stereocenters. The van der Waals surface area contributed by atoms with E-state index in [1.54, 1.807) is 13.3 Å². The van der Waals surface area contributed by atoms with Crippen LogP contribution in [-0.4, -0.2) is 18.3 Å². The number of hydrogen-bond donors (Lipinski definition) is 1. The lowest BCUT2D eigenvalue weighted by molar-refractivity contribution is 0.414. The van der Waals surface area contributed by atoms with Crippen LogP contribution < -0.4 is 10.2 Å². The van der Waals surface area contributed by atoms with Gasteiger partial charge in [0.2, 0.25) is 0 Å². The van der Waals surface area contributed by atoms with Gasteiger partial charge in [-0.1, -0.05) is 30.3 Å². The third-order valence-electron chi connectivity index (χ3n) is 3.44. The molecule has 0 saturated heterocycles. The van der Waals surface area contributed by atoms with Gasteiger partial charge in [0.1, 0.15) is 11.6 Å². The van der Waals surface area contributed by atoms with Gasteiger partial charge in [0, 0.05) is 10.9 Å². The van der Waals surface area contributed by atoms with E-state index in [9.17, 15) is 0 Å². The largest absolute Gasteiger partial charge is 0.496 e. The predicted molar refractivity (Wildman–Crippen MR) is 90.7 cm³/mol. The zero-order valence-corrected chi connectivity index (χ0v) is 12.6. The van der Waals surface area contributed by atoms with Crippen molar-refractivity contribution in [3.05, 3.63) is 65.7 Å². The van der Waals surface area contributed by atoms with Crippen LogP contribution in [0.1, 0.15) is 11.1 Å². The smallest absolute Gasteiger partial charge is 0.147 e. The van der Waals surface area contributed by atoms with Crippen molar-refractivity contribution in [2.24, 2.45) is 5.10 Å². The molecule has 1 N–H and O–H groups in total. The fraction of sp³-hybridized carbons (Fsp3) is 0.111. The van der Waals surface area contributed by atoms with E-state index >= 15 is 0 Å². The lowest BCUT2D eigenvalue weighted by Gasteiger charge is -2.06.